The lowest BCUT2D eigenvalue weighted by atomic mass is 9.79. The maximum Gasteiger partial charge on any atom is 0.490 e. The molecule has 0 fully saturated rings. The Kier molecular flexibility index (Phi) is 3.20. The molecule has 0 heterocycles. The van der Waals surface area contributed by atoms with Crippen LogP contribution in [0.15, 0.2) is 30.3 Å². The molecule has 0 spiro atoms. The molecule has 1 rings (SSSR count). The van der Waals surface area contributed by atoms with E-state index in [0.29, 0.717) is 0 Å². The molecule has 0 aliphatic heterocycles. The van der Waals surface area contributed by atoms with Crippen LogP contribution in [0, 0.1) is 0 Å². The van der Waals surface area contributed by atoms with E-state index in [1.165, 1.54) is 0 Å². The fraction of sp³-hybridized carbons (Fsp3) is 0.143. The van der Waals surface area contributed by atoms with E-state index in [0.717, 1.165) is 5.46 Å². The molecule has 54 valence electrons. The fourth-order valence-corrected chi connectivity index (χ4v) is 0.805. The molecule has 0 aromatic heterocycles. The molecule has 2 radical (unpaired) electrons. The van der Waals surface area contributed by atoms with Gasteiger partial charge in [-0.1, -0.05) is 30.3 Å². The van der Waals surface area contributed by atoms with Gasteiger partial charge in [-0.25, -0.2) is 0 Å². The summed E-state index contributed by atoms with van der Waals surface area (Å²) >= 11 is 0. The second kappa shape index (κ2) is 4.21. The van der Waals surface area contributed by atoms with Gasteiger partial charge in [0.05, 0.1) is 0 Å². The lowest BCUT2D eigenvalue weighted by Crippen LogP contribution is -2.33. The van der Waals surface area contributed by atoms with Gasteiger partial charge in [-0.05, 0) is 12.0 Å². The minimum absolute atomic E-state index is 0.0239. The first-order chi connectivity index (χ1) is 5.34. The lowest BCUT2D eigenvalue weighted by Gasteiger charge is -2.04. The Hall–Kier alpha value is -0.730. The van der Waals surface area contributed by atoms with Crippen LogP contribution in [0.4, 0.5) is 0 Å². The minimum atomic E-state index is -0.902. The Morgan fingerprint density at radius 3 is 2.55 bits per heavy atom. The molecule has 0 saturated carbocycles. The molecule has 11 heavy (non-hydrogen) atoms. The molecule has 1 N–H and O–H groups in total. The van der Waals surface area contributed by atoms with Gasteiger partial charge in [-0.3, -0.25) is 0 Å². The molecule has 0 amide bonds. The second-order valence-electron chi connectivity index (χ2n) is 2.10. The maximum absolute atomic E-state index is 9.22. The molecule has 0 unspecified atom stereocenters. The predicted octanol–water partition coefficient (Wildman–Crippen LogP) is -0.483. The van der Waals surface area contributed by atoms with Crippen LogP contribution in [-0.4, -0.2) is 26.5 Å². The quantitative estimate of drug-likeness (QED) is 0.583. The van der Waals surface area contributed by atoms with Crippen LogP contribution in [-0.2, 0) is 4.65 Å². The molecule has 1 aromatic carbocycles. The van der Waals surface area contributed by atoms with E-state index in [9.17, 15) is 5.02 Å². The minimum Gasteiger partial charge on any atom is -0.423 e. The zero-order valence-corrected chi connectivity index (χ0v) is 6.10. The summed E-state index contributed by atoms with van der Waals surface area (Å²) in [5.74, 6) is 0. The third-order valence-corrected chi connectivity index (χ3v) is 1.34. The molecule has 0 saturated heterocycles. The van der Waals surface area contributed by atoms with Gasteiger partial charge in [0.25, 0.3) is 0 Å². The predicted molar refractivity (Wildman–Crippen MR) is 45.8 cm³/mol. The first kappa shape index (κ1) is 8.37. The first-order valence-electron chi connectivity index (χ1n) is 3.39. The molecule has 0 atom stereocenters. The molecular formula is C7H8B2O2. The summed E-state index contributed by atoms with van der Waals surface area (Å²) in [6.07, 6.45) is 0. The summed E-state index contributed by atoms with van der Waals surface area (Å²) in [5, 5.41) is 9.22. The van der Waals surface area contributed by atoms with E-state index >= 15 is 0 Å². The van der Waals surface area contributed by atoms with Crippen molar-refractivity contribution in [1.82, 2.24) is 0 Å². The van der Waals surface area contributed by atoms with Crippen LogP contribution in [0.2, 0.25) is 0 Å². The molecule has 4 heteroatoms. The van der Waals surface area contributed by atoms with E-state index in [-0.39, 0.29) is 6.51 Å². The van der Waals surface area contributed by atoms with Crippen molar-refractivity contribution in [2.45, 2.75) is 0 Å². The smallest absolute Gasteiger partial charge is 0.423 e. The maximum atomic E-state index is 9.22. The Labute approximate surface area is 67.7 Å². The van der Waals surface area contributed by atoms with E-state index in [1.54, 1.807) is 12.1 Å². The molecule has 0 bridgehead atoms. The summed E-state index contributed by atoms with van der Waals surface area (Å²) in [6, 6.07) is 9.09. The summed E-state index contributed by atoms with van der Waals surface area (Å²) in [5.41, 5.74) is 0.720. The second-order valence-corrected chi connectivity index (χ2v) is 2.10. The summed E-state index contributed by atoms with van der Waals surface area (Å²) in [4.78, 5) is 0. The van der Waals surface area contributed by atoms with Gasteiger partial charge in [0.1, 0.15) is 7.85 Å². The average molecular weight is 146 g/mol. The third-order valence-electron chi connectivity index (χ3n) is 1.34. The van der Waals surface area contributed by atoms with Crippen LogP contribution < -0.4 is 5.46 Å². The van der Waals surface area contributed by atoms with Gasteiger partial charge < -0.3 is 9.68 Å². The molecule has 1 aromatic rings. The van der Waals surface area contributed by atoms with Gasteiger partial charge in [-0.2, -0.15) is 0 Å². The Balaban J connectivity index is 2.61. The highest BCUT2D eigenvalue weighted by atomic mass is 16.5. The zero-order valence-electron chi connectivity index (χ0n) is 6.10. The zero-order chi connectivity index (χ0) is 8.10. The SMILES string of the molecule is [B]COB(O)c1ccccc1. The standard InChI is InChI=1S/C7H8B2O2/c8-6-11-9(10)7-4-2-1-3-5-7/h1-5,10H,6H2. The van der Waals surface area contributed by atoms with E-state index < -0.39 is 7.12 Å². The van der Waals surface area contributed by atoms with Crippen LogP contribution in [0.3, 0.4) is 0 Å². The van der Waals surface area contributed by atoms with E-state index in [1.807, 2.05) is 18.2 Å². The van der Waals surface area contributed by atoms with Crippen molar-refractivity contribution in [2.75, 3.05) is 6.51 Å². The molecular weight excluding hydrogens is 138 g/mol. The van der Waals surface area contributed by atoms with Gasteiger partial charge in [-0.15, -0.1) is 0 Å². The molecule has 0 aliphatic rings. The first-order valence-corrected chi connectivity index (χ1v) is 3.39. The van der Waals surface area contributed by atoms with Crippen LogP contribution >= 0.6 is 0 Å². The largest absolute Gasteiger partial charge is 0.490 e. The summed E-state index contributed by atoms with van der Waals surface area (Å²) in [6.45, 7) is 0.0239. The fourth-order valence-electron chi connectivity index (χ4n) is 0.805. The third kappa shape index (κ3) is 2.41. The monoisotopic (exact) mass is 146 g/mol. The summed E-state index contributed by atoms with van der Waals surface area (Å²) < 4.78 is 4.76. The number of hydrogen-bond acceptors (Lipinski definition) is 2. The lowest BCUT2D eigenvalue weighted by molar-refractivity contribution is 0.322. The van der Waals surface area contributed by atoms with Gasteiger partial charge in [0.2, 0.25) is 0 Å². The average Bonchev–Trinajstić information content (AvgIpc) is 2.07. The van der Waals surface area contributed by atoms with Crippen LogP contribution in [0.5, 0.6) is 0 Å². The topological polar surface area (TPSA) is 29.5 Å². The molecule has 0 aliphatic carbocycles. The van der Waals surface area contributed by atoms with Crippen molar-refractivity contribution in [2.24, 2.45) is 0 Å². The number of rotatable bonds is 3. The summed E-state index contributed by atoms with van der Waals surface area (Å²) in [7, 11) is 4.18. The highest BCUT2D eigenvalue weighted by Crippen LogP contribution is 1.86. The number of hydrogen-bond donors (Lipinski definition) is 1. The van der Waals surface area contributed by atoms with E-state index in [2.05, 4.69) is 0 Å². The Bertz CT molecular complexity index is 203. The highest BCUT2D eigenvalue weighted by molar-refractivity contribution is 6.60. The van der Waals surface area contributed by atoms with Gasteiger partial charge >= 0.3 is 7.12 Å². The van der Waals surface area contributed by atoms with E-state index in [4.69, 9.17) is 12.5 Å². The van der Waals surface area contributed by atoms with Crippen molar-refractivity contribution in [1.29, 1.82) is 0 Å². The van der Waals surface area contributed by atoms with Gasteiger partial charge in [0, 0.05) is 0 Å². The number of benzene rings is 1. The highest BCUT2D eigenvalue weighted by Gasteiger charge is 2.13. The Morgan fingerprint density at radius 2 is 2.00 bits per heavy atom. The normalized spacial score (nSPS) is 9.55. The van der Waals surface area contributed by atoms with Crippen LogP contribution in [0.25, 0.3) is 0 Å². The van der Waals surface area contributed by atoms with Crippen molar-refractivity contribution in [3.05, 3.63) is 30.3 Å². The van der Waals surface area contributed by atoms with Crippen molar-refractivity contribution in [3.8, 4) is 0 Å². The Morgan fingerprint density at radius 1 is 1.36 bits per heavy atom. The molecule has 2 nitrogen and oxygen atoms in total. The van der Waals surface area contributed by atoms with Gasteiger partial charge in [0.15, 0.2) is 0 Å². The van der Waals surface area contributed by atoms with Crippen molar-refractivity contribution in [3.63, 3.8) is 0 Å². The van der Waals surface area contributed by atoms with Crippen molar-refractivity contribution < 1.29 is 9.68 Å². The van der Waals surface area contributed by atoms with Crippen LogP contribution in [0.1, 0.15) is 0 Å². The van der Waals surface area contributed by atoms with Crippen molar-refractivity contribution >= 4 is 20.4 Å².